The van der Waals surface area contributed by atoms with Crippen molar-refractivity contribution >= 4 is 11.8 Å². The number of hydrogen-bond donors (Lipinski definition) is 3. The van der Waals surface area contributed by atoms with E-state index in [0.29, 0.717) is 29.9 Å². The van der Waals surface area contributed by atoms with E-state index < -0.39 is 5.60 Å². The standard InChI is InChI=1S/C21H28N2O4/c1-14-5-7-17(8-6-14)9-10-19(24)22-12-20(25)23-13-21(4,26)18-11-15(2)27-16(18)3/h5-8,11,26H,9-10,12-13H2,1-4H3,(H,22,24)(H,23,25)/t21-/m1/s1. The van der Waals surface area contributed by atoms with Gasteiger partial charge in [-0.1, -0.05) is 29.8 Å². The quantitative estimate of drug-likeness (QED) is 0.663. The van der Waals surface area contributed by atoms with Gasteiger partial charge in [0.25, 0.3) is 0 Å². The molecule has 6 heteroatoms. The average molecular weight is 372 g/mol. The molecule has 0 aliphatic carbocycles. The Bertz CT molecular complexity index is 791. The van der Waals surface area contributed by atoms with Crippen LogP contribution in [0.4, 0.5) is 0 Å². The number of benzene rings is 1. The van der Waals surface area contributed by atoms with Crippen LogP contribution in [0.1, 0.15) is 41.6 Å². The van der Waals surface area contributed by atoms with Crippen LogP contribution in [0.25, 0.3) is 0 Å². The van der Waals surface area contributed by atoms with Gasteiger partial charge in [-0.05, 0) is 45.7 Å². The number of rotatable bonds is 8. The number of aryl methyl sites for hydroxylation is 4. The molecule has 2 rings (SSSR count). The third-order valence-electron chi connectivity index (χ3n) is 4.46. The van der Waals surface area contributed by atoms with Gasteiger partial charge >= 0.3 is 0 Å². The maximum Gasteiger partial charge on any atom is 0.239 e. The Labute approximate surface area is 160 Å². The molecule has 0 bridgehead atoms. The predicted octanol–water partition coefficient (Wildman–Crippen LogP) is 2.28. The van der Waals surface area contributed by atoms with Crippen molar-refractivity contribution in [1.29, 1.82) is 0 Å². The van der Waals surface area contributed by atoms with Gasteiger partial charge in [0.15, 0.2) is 0 Å². The van der Waals surface area contributed by atoms with Crippen LogP contribution in [0.3, 0.4) is 0 Å². The Morgan fingerprint density at radius 2 is 1.74 bits per heavy atom. The Balaban J connectivity index is 1.73. The summed E-state index contributed by atoms with van der Waals surface area (Å²) in [6.45, 7) is 7.12. The van der Waals surface area contributed by atoms with Crippen molar-refractivity contribution in [2.45, 2.75) is 46.1 Å². The Hall–Kier alpha value is -2.60. The Morgan fingerprint density at radius 1 is 1.07 bits per heavy atom. The molecule has 0 saturated carbocycles. The van der Waals surface area contributed by atoms with E-state index in [2.05, 4.69) is 10.6 Å². The number of nitrogens with one attached hydrogen (secondary N) is 2. The van der Waals surface area contributed by atoms with E-state index in [1.807, 2.05) is 31.2 Å². The molecule has 1 aromatic carbocycles. The fourth-order valence-electron chi connectivity index (χ4n) is 2.87. The molecule has 1 aromatic heterocycles. The first-order valence-electron chi connectivity index (χ1n) is 9.06. The number of furan rings is 1. The van der Waals surface area contributed by atoms with E-state index in [1.165, 1.54) is 5.56 Å². The second-order valence-corrected chi connectivity index (χ2v) is 7.14. The summed E-state index contributed by atoms with van der Waals surface area (Å²) in [5, 5.41) is 15.8. The molecule has 0 aliphatic heterocycles. The minimum absolute atomic E-state index is 0.0326. The minimum atomic E-state index is -1.24. The van der Waals surface area contributed by atoms with Gasteiger partial charge in [-0.2, -0.15) is 0 Å². The lowest BCUT2D eigenvalue weighted by atomic mass is 9.96. The average Bonchev–Trinajstić information content (AvgIpc) is 2.97. The lowest BCUT2D eigenvalue weighted by Gasteiger charge is -2.23. The van der Waals surface area contributed by atoms with Crippen molar-refractivity contribution in [3.8, 4) is 0 Å². The SMILES string of the molecule is Cc1ccc(CCC(=O)NCC(=O)NC[C@@](C)(O)c2cc(C)oc2C)cc1. The molecule has 1 heterocycles. The van der Waals surface area contributed by atoms with Crippen molar-refractivity contribution in [3.63, 3.8) is 0 Å². The van der Waals surface area contributed by atoms with Crippen LogP contribution in [-0.2, 0) is 21.6 Å². The first-order chi connectivity index (χ1) is 12.7. The molecule has 0 aliphatic rings. The molecule has 0 fully saturated rings. The third kappa shape index (κ3) is 6.25. The van der Waals surface area contributed by atoms with E-state index in [0.717, 1.165) is 5.56 Å². The summed E-state index contributed by atoms with van der Waals surface area (Å²) in [4.78, 5) is 23.9. The van der Waals surface area contributed by atoms with Crippen molar-refractivity contribution < 1.29 is 19.1 Å². The van der Waals surface area contributed by atoms with Gasteiger partial charge in [-0.15, -0.1) is 0 Å². The van der Waals surface area contributed by atoms with Crippen LogP contribution in [-0.4, -0.2) is 30.0 Å². The van der Waals surface area contributed by atoms with Crippen LogP contribution in [0.5, 0.6) is 0 Å². The second kappa shape index (κ2) is 8.86. The van der Waals surface area contributed by atoms with Gasteiger partial charge in [0, 0.05) is 12.0 Å². The lowest BCUT2D eigenvalue weighted by Crippen LogP contribution is -2.43. The first kappa shape index (κ1) is 20.7. The highest BCUT2D eigenvalue weighted by molar-refractivity contribution is 5.84. The van der Waals surface area contributed by atoms with Crippen LogP contribution < -0.4 is 10.6 Å². The van der Waals surface area contributed by atoms with Gasteiger partial charge in [-0.3, -0.25) is 9.59 Å². The number of carbonyl (C=O) groups excluding carboxylic acids is 2. The highest BCUT2D eigenvalue weighted by Gasteiger charge is 2.28. The molecule has 2 amide bonds. The molecule has 146 valence electrons. The zero-order valence-corrected chi connectivity index (χ0v) is 16.4. The van der Waals surface area contributed by atoms with E-state index in [4.69, 9.17) is 4.42 Å². The molecule has 2 aromatic rings. The van der Waals surface area contributed by atoms with Crippen molar-refractivity contribution in [1.82, 2.24) is 10.6 Å². The first-order valence-corrected chi connectivity index (χ1v) is 9.06. The largest absolute Gasteiger partial charge is 0.466 e. The maximum atomic E-state index is 12.0. The molecule has 1 atom stereocenters. The fourth-order valence-corrected chi connectivity index (χ4v) is 2.87. The zero-order chi connectivity index (χ0) is 20.0. The number of hydrogen-bond acceptors (Lipinski definition) is 4. The molecule has 0 unspecified atom stereocenters. The van der Waals surface area contributed by atoms with Gasteiger partial charge < -0.3 is 20.2 Å². The van der Waals surface area contributed by atoms with Gasteiger partial charge in [0.2, 0.25) is 11.8 Å². The molecular weight excluding hydrogens is 344 g/mol. The number of amides is 2. The molecule has 0 radical (unpaired) electrons. The van der Waals surface area contributed by atoms with Crippen LogP contribution in [0.15, 0.2) is 34.7 Å². The van der Waals surface area contributed by atoms with Crippen LogP contribution in [0.2, 0.25) is 0 Å². The monoisotopic (exact) mass is 372 g/mol. The summed E-state index contributed by atoms with van der Waals surface area (Å²) in [5.41, 5.74) is 1.66. The molecule has 0 spiro atoms. The van der Waals surface area contributed by atoms with Gasteiger partial charge in [0.1, 0.15) is 17.1 Å². The van der Waals surface area contributed by atoms with E-state index in [1.54, 1.807) is 26.8 Å². The molecule has 27 heavy (non-hydrogen) atoms. The predicted molar refractivity (Wildman–Crippen MR) is 103 cm³/mol. The summed E-state index contributed by atoms with van der Waals surface area (Å²) in [5.74, 6) is 0.793. The fraction of sp³-hybridized carbons (Fsp3) is 0.429. The van der Waals surface area contributed by atoms with Crippen molar-refractivity contribution in [2.24, 2.45) is 0 Å². The smallest absolute Gasteiger partial charge is 0.239 e. The summed E-state index contributed by atoms with van der Waals surface area (Å²) in [7, 11) is 0. The van der Waals surface area contributed by atoms with Gasteiger partial charge in [-0.25, -0.2) is 0 Å². The summed E-state index contributed by atoms with van der Waals surface area (Å²) >= 11 is 0. The highest BCUT2D eigenvalue weighted by Crippen LogP contribution is 2.26. The zero-order valence-electron chi connectivity index (χ0n) is 16.4. The van der Waals surface area contributed by atoms with Crippen LogP contribution >= 0.6 is 0 Å². The van der Waals surface area contributed by atoms with Gasteiger partial charge in [0.05, 0.1) is 13.1 Å². The maximum absolute atomic E-state index is 12.0. The second-order valence-electron chi connectivity index (χ2n) is 7.14. The summed E-state index contributed by atoms with van der Waals surface area (Å²) in [6.07, 6.45) is 0.948. The lowest BCUT2D eigenvalue weighted by molar-refractivity contribution is -0.126. The Morgan fingerprint density at radius 3 is 2.33 bits per heavy atom. The molecular formula is C21H28N2O4. The Kier molecular flexibility index (Phi) is 6.80. The normalized spacial score (nSPS) is 13.1. The van der Waals surface area contributed by atoms with Crippen molar-refractivity contribution in [3.05, 3.63) is 58.5 Å². The molecule has 0 saturated heterocycles. The summed E-state index contributed by atoms with van der Waals surface area (Å²) < 4.78 is 5.43. The molecule has 6 nitrogen and oxygen atoms in total. The van der Waals surface area contributed by atoms with Crippen molar-refractivity contribution in [2.75, 3.05) is 13.1 Å². The highest BCUT2D eigenvalue weighted by atomic mass is 16.3. The topological polar surface area (TPSA) is 91.6 Å². The van der Waals surface area contributed by atoms with E-state index in [-0.39, 0.29) is 24.9 Å². The summed E-state index contributed by atoms with van der Waals surface area (Å²) in [6, 6.07) is 9.77. The number of carbonyl (C=O) groups is 2. The third-order valence-corrected chi connectivity index (χ3v) is 4.46. The van der Waals surface area contributed by atoms with Crippen LogP contribution in [0, 0.1) is 20.8 Å². The van der Waals surface area contributed by atoms with E-state index in [9.17, 15) is 14.7 Å². The minimum Gasteiger partial charge on any atom is -0.466 e. The number of aliphatic hydroxyl groups is 1. The van der Waals surface area contributed by atoms with E-state index >= 15 is 0 Å². The molecule has 3 N–H and O–H groups in total.